The number of rotatable bonds is 3. The van der Waals surface area contributed by atoms with Gasteiger partial charge >= 0.3 is 0 Å². The molecule has 1 amide bonds. The van der Waals surface area contributed by atoms with E-state index in [0.29, 0.717) is 11.5 Å². The fourth-order valence-electron chi connectivity index (χ4n) is 1.92. The molecule has 0 radical (unpaired) electrons. The maximum atomic E-state index is 13.5. The number of allylic oxidation sites excluding steroid dienone is 1. The van der Waals surface area contributed by atoms with Crippen LogP contribution in [0.5, 0.6) is 0 Å². The van der Waals surface area contributed by atoms with E-state index in [-0.39, 0.29) is 17.8 Å². The third-order valence-electron chi connectivity index (χ3n) is 2.88. The third kappa shape index (κ3) is 3.30. The molecular weight excluding hydrogens is 207 g/mol. The van der Waals surface area contributed by atoms with Gasteiger partial charge in [0.2, 0.25) is 5.91 Å². The van der Waals surface area contributed by atoms with E-state index in [2.05, 4.69) is 17.6 Å². The van der Waals surface area contributed by atoms with Crippen molar-refractivity contribution < 1.29 is 9.18 Å². The summed E-state index contributed by atoms with van der Waals surface area (Å²) in [5, 5.41) is 5.82. The number of amides is 1. The first-order valence-electron chi connectivity index (χ1n) is 5.78. The molecule has 1 aliphatic rings. The number of halogens is 1. The van der Waals surface area contributed by atoms with E-state index >= 15 is 0 Å². The topological polar surface area (TPSA) is 41.1 Å². The summed E-state index contributed by atoms with van der Waals surface area (Å²) < 4.78 is 13.5. The highest BCUT2D eigenvalue weighted by Crippen LogP contribution is 2.14. The van der Waals surface area contributed by atoms with Crippen molar-refractivity contribution in [3.63, 3.8) is 0 Å². The van der Waals surface area contributed by atoms with Crippen molar-refractivity contribution >= 4 is 5.91 Å². The van der Waals surface area contributed by atoms with Crippen LogP contribution in [0.2, 0.25) is 0 Å². The molecule has 4 heteroatoms. The van der Waals surface area contributed by atoms with Crippen LogP contribution in [-0.2, 0) is 4.79 Å². The summed E-state index contributed by atoms with van der Waals surface area (Å²) in [6.07, 6.45) is 0.828. The van der Waals surface area contributed by atoms with E-state index in [4.69, 9.17) is 0 Å². The zero-order valence-corrected chi connectivity index (χ0v) is 10.4. The van der Waals surface area contributed by atoms with Crippen LogP contribution in [0.4, 0.5) is 4.39 Å². The zero-order chi connectivity index (χ0) is 12.3. The highest BCUT2D eigenvalue weighted by Gasteiger charge is 2.28. The Bertz CT molecular complexity index is 297. The van der Waals surface area contributed by atoms with Gasteiger partial charge in [0.25, 0.3) is 0 Å². The van der Waals surface area contributed by atoms with E-state index in [9.17, 15) is 9.18 Å². The number of hydrogen-bond donors (Lipinski definition) is 2. The van der Waals surface area contributed by atoms with Gasteiger partial charge in [0.15, 0.2) is 0 Å². The van der Waals surface area contributed by atoms with Gasteiger partial charge in [-0.15, -0.1) is 0 Å². The van der Waals surface area contributed by atoms with Gasteiger partial charge in [-0.25, -0.2) is 4.39 Å². The van der Waals surface area contributed by atoms with E-state index in [1.54, 1.807) is 20.8 Å². The third-order valence-corrected chi connectivity index (χ3v) is 2.88. The lowest BCUT2D eigenvalue weighted by Gasteiger charge is -2.16. The molecule has 1 saturated heterocycles. The quantitative estimate of drug-likeness (QED) is 0.772. The Hall–Kier alpha value is -0.900. The summed E-state index contributed by atoms with van der Waals surface area (Å²) in [7, 11) is 0. The number of nitrogens with one attached hydrogen (secondary N) is 2. The molecule has 0 aromatic heterocycles. The van der Waals surface area contributed by atoms with Gasteiger partial charge in [-0.3, -0.25) is 4.79 Å². The average molecular weight is 228 g/mol. The predicted molar refractivity (Wildman–Crippen MR) is 62.7 cm³/mol. The molecule has 0 bridgehead atoms. The van der Waals surface area contributed by atoms with Crippen LogP contribution in [0, 0.1) is 5.92 Å². The van der Waals surface area contributed by atoms with Gasteiger partial charge in [0, 0.05) is 0 Å². The first-order valence-corrected chi connectivity index (χ1v) is 5.78. The molecule has 0 aromatic carbocycles. The molecule has 3 nitrogen and oxygen atoms in total. The van der Waals surface area contributed by atoms with Crippen LogP contribution >= 0.6 is 0 Å². The number of carbonyl (C=O) groups is 1. The van der Waals surface area contributed by atoms with E-state index < -0.39 is 6.04 Å². The molecule has 0 spiro atoms. The highest BCUT2D eigenvalue weighted by atomic mass is 19.1. The molecular formula is C12H21FN2O. The van der Waals surface area contributed by atoms with Crippen molar-refractivity contribution in [2.45, 2.75) is 46.2 Å². The fraction of sp³-hybridized carbons (Fsp3) is 0.750. The molecule has 0 aromatic rings. The van der Waals surface area contributed by atoms with Gasteiger partial charge in [0.05, 0.1) is 12.1 Å². The van der Waals surface area contributed by atoms with Crippen LogP contribution in [0.1, 0.15) is 34.1 Å². The summed E-state index contributed by atoms with van der Waals surface area (Å²) >= 11 is 0. The normalized spacial score (nSPS) is 26.3. The summed E-state index contributed by atoms with van der Waals surface area (Å²) in [6, 6.07) is -0.697. The predicted octanol–water partition coefficient (Wildman–Crippen LogP) is 1.75. The summed E-state index contributed by atoms with van der Waals surface area (Å²) in [5.74, 6) is 0.159. The first-order chi connectivity index (χ1) is 7.41. The first kappa shape index (κ1) is 13.2. The molecule has 1 fully saturated rings. The van der Waals surface area contributed by atoms with Gasteiger partial charge in [0.1, 0.15) is 5.83 Å². The minimum Gasteiger partial charge on any atom is -0.346 e. The number of carbonyl (C=O) groups excluding carboxylic acids is 1. The van der Waals surface area contributed by atoms with Crippen molar-refractivity contribution in [2.75, 3.05) is 6.54 Å². The van der Waals surface area contributed by atoms with Gasteiger partial charge < -0.3 is 10.6 Å². The van der Waals surface area contributed by atoms with Crippen LogP contribution in [0.15, 0.2) is 11.4 Å². The second-order valence-electron chi connectivity index (χ2n) is 4.88. The molecule has 1 aliphatic heterocycles. The fourth-order valence-corrected chi connectivity index (χ4v) is 1.92. The minimum atomic E-state index is -0.532. The maximum Gasteiger partial charge on any atom is 0.237 e. The van der Waals surface area contributed by atoms with Crippen molar-refractivity contribution in [1.29, 1.82) is 0 Å². The van der Waals surface area contributed by atoms with Crippen LogP contribution in [0.25, 0.3) is 0 Å². The van der Waals surface area contributed by atoms with Crippen LogP contribution < -0.4 is 10.6 Å². The SMILES string of the molecule is CC(C)=C(F)C(C)NC(=O)C1CC(C)CN1. The lowest BCUT2D eigenvalue weighted by molar-refractivity contribution is -0.123. The largest absolute Gasteiger partial charge is 0.346 e. The zero-order valence-electron chi connectivity index (χ0n) is 10.4. The summed E-state index contributed by atoms with van der Waals surface area (Å²) in [4.78, 5) is 11.8. The Morgan fingerprint density at radius 2 is 2.12 bits per heavy atom. The smallest absolute Gasteiger partial charge is 0.237 e. The molecule has 1 heterocycles. The maximum absolute atomic E-state index is 13.5. The van der Waals surface area contributed by atoms with Crippen molar-refractivity contribution in [1.82, 2.24) is 10.6 Å². The van der Waals surface area contributed by atoms with Crippen molar-refractivity contribution in [3.8, 4) is 0 Å². The Morgan fingerprint density at radius 3 is 2.56 bits per heavy atom. The molecule has 0 aliphatic carbocycles. The minimum absolute atomic E-state index is 0.103. The Balaban J connectivity index is 2.49. The second kappa shape index (κ2) is 5.43. The molecule has 16 heavy (non-hydrogen) atoms. The summed E-state index contributed by atoms with van der Waals surface area (Å²) in [5.41, 5.74) is 0.612. The monoisotopic (exact) mass is 228 g/mol. The Labute approximate surface area is 96.5 Å². The highest BCUT2D eigenvalue weighted by molar-refractivity contribution is 5.82. The second-order valence-corrected chi connectivity index (χ2v) is 4.88. The van der Waals surface area contributed by atoms with Gasteiger partial charge in [-0.1, -0.05) is 6.92 Å². The van der Waals surface area contributed by atoms with E-state index in [1.165, 1.54) is 0 Å². The number of hydrogen-bond acceptors (Lipinski definition) is 2. The van der Waals surface area contributed by atoms with Crippen molar-refractivity contribution in [3.05, 3.63) is 11.4 Å². The lowest BCUT2D eigenvalue weighted by Crippen LogP contribution is -2.44. The molecule has 3 atom stereocenters. The standard InChI is InChI=1S/C12H21FN2O/c1-7(2)11(13)9(4)15-12(16)10-5-8(3)6-14-10/h8-10,14H,5-6H2,1-4H3,(H,15,16). The summed E-state index contributed by atoms with van der Waals surface area (Å²) in [6.45, 7) is 8.03. The molecule has 3 unspecified atom stereocenters. The molecule has 0 saturated carbocycles. The van der Waals surface area contributed by atoms with Gasteiger partial charge in [-0.05, 0) is 45.2 Å². The molecule has 1 rings (SSSR count). The van der Waals surface area contributed by atoms with E-state index in [1.807, 2.05) is 0 Å². The van der Waals surface area contributed by atoms with Crippen LogP contribution in [0.3, 0.4) is 0 Å². The Kier molecular flexibility index (Phi) is 4.47. The van der Waals surface area contributed by atoms with E-state index in [0.717, 1.165) is 13.0 Å². The van der Waals surface area contributed by atoms with Crippen LogP contribution in [-0.4, -0.2) is 24.5 Å². The molecule has 2 N–H and O–H groups in total. The van der Waals surface area contributed by atoms with Gasteiger partial charge in [-0.2, -0.15) is 0 Å². The lowest BCUT2D eigenvalue weighted by atomic mass is 10.1. The Morgan fingerprint density at radius 1 is 1.50 bits per heavy atom. The molecule has 92 valence electrons. The average Bonchev–Trinajstić information content (AvgIpc) is 2.63. The van der Waals surface area contributed by atoms with Crippen molar-refractivity contribution in [2.24, 2.45) is 5.92 Å².